The molecule has 2 aliphatic carbocycles. The van der Waals surface area contributed by atoms with E-state index in [0.717, 1.165) is 0 Å². The predicted octanol–water partition coefficient (Wildman–Crippen LogP) is 4.67. The molecule has 3 aliphatic rings. The number of hydrogen-bond acceptors (Lipinski definition) is 0. The van der Waals surface area contributed by atoms with Crippen LogP contribution < -0.4 is 24.8 Å². The zero-order chi connectivity index (χ0) is 25.3. The number of allylic oxidation sites excluding steroid dienone is 2. The van der Waals surface area contributed by atoms with Gasteiger partial charge in [-0.2, -0.15) is 0 Å². The Hall–Kier alpha value is -1.83. The van der Waals surface area contributed by atoms with E-state index < -0.39 is 16.6 Å². The molecule has 1 saturated heterocycles. The van der Waals surface area contributed by atoms with E-state index in [4.69, 9.17) is 0 Å². The molecule has 0 amide bonds. The standard InChI is InChI=1S/2C17H17.C2H4.2ClH.Ti/c2*1-12(2)9-13-10-15-8-7-14-5-3-4-6-16(14)17(15)11-13;1-2;;;/h2*3-8,10-12H,9H2,1-2H3;1-2H2;2*1H;/q;;;;;+2/p-2. The van der Waals surface area contributed by atoms with E-state index in [2.05, 4.69) is 113 Å². The summed E-state index contributed by atoms with van der Waals surface area (Å²) in [6.45, 7) is 9.64. The van der Waals surface area contributed by atoms with Gasteiger partial charge in [0, 0.05) is 0 Å². The van der Waals surface area contributed by atoms with Crippen molar-refractivity contribution in [3.05, 3.63) is 106 Å². The van der Waals surface area contributed by atoms with E-state index in [0.29, 0.717) is 20.3 Å². The molecular weight excluding hydrogens is 551 g/mol. The van der Waals surface area contributed by atoms with Crippen molar-refractivity contribution in [1.29, 1.82) is 0 Å². The van der Waals surface area contributed by atoms with E-state index in [1.165, 1.54) is 43.8 Å². The summed E-state index contributed by atoms with van der Waals surface area (Å²) in [6, 6.07) is 28.0. The van der Waals surface area contributed by atoms with E-state index in [1.807, 2.05) is 0 Å². The van der Waals surface area contributed by atoms with Crippen LogP contribution in [0.15, 0.2) is 83.9 Å². The van der Waals surface area contributed by atoms with E-state index in [-0.39, 0.29) is 24.8 Å². The monoisotopic (exact) mass is 588 g/mol. The average Bonchev–Trinajstić information content (AvgIpc) is 3.43. The Labute approximate surface area is 250 Å². The van der Waals surface area contributed by atoms with Gasteiger partial charge in [-0.25, -0.2) is 0 Å². The molecular formula is C36H38Cl2Ti. The molecule has 1 fully saturated rings. The van der Waals surface area contributed by atoms with Crippen LogP contribution in [0, 0.1) is 11.8 Å². The SMILES string of the molecule is CC(C)CC1=Cc2c(ccc3ccccc23)[CH]1[Ti+2]1([CH]2C(CC(C)C)=Cc3c2ccc2ccccc32)[CH2][CH2]1.[Cl-].[Cl-]. The summed E-state index contributed by atoms with van der Waals surface area (Å²) in [7, 11) is 0. The normalized spacial score (nSPS) is 19.5. The van der Waals surface area contributed by atoms with Crippen molar-refractivity contribution in [3.63, 3.8) is 0 Å². The van der Waals surface area contributed by atoms with Gasteiger partial charge in [-0.3, -0.25) is 0 Å². The Kier molecular flexibility index (Phi) is 8.00. The van der Waals surface area contributed by atoms with Crippen LogP contribution in [0.2, 0.25) is 9.45 Å². The molecule has 0 aromatic heterocycles. The van der Waals surface area contributed by atoms with Gasteiger partial charge in [0.05, 0.1) is 0 Å². The van der Waals surface area contributed by atoms with Gasteiger partial charge in [0.15, 0.2) is 0 Å². The first-order chi connectivity index (χ1) is 18.0. The van der Waals surface area contributed by atoms with Crippen molar-refractivity contribution in [2.24, 2.45) is 11.8 Å². The topological polar surface area (TPSA) is 0 Å². The molecule has 0 N–H and O–H groups in total. The first-order valence-electron chi connectivity index (χ1n) is 14.4. The number of halogens is 2. The first kappa shape index (κ1) is 28.7. The maximum atomic E-state index is 2.65. The van der Waals surface area contributed by atoms with Crippen LogP contribution >= 0.6 is 0 Å². The van der Waals surface area contributed by atoms with Crippen LogP contribution in [0.5, 0.6) is 0 Å². The fourth-order valence-corrected chi connectivity index (χ4v) is 18.2. The smallest absolute Gasteiger partial charge is 1.00 e. The summed E-state index contributed by atoms with van der Waals surface area (Å²) in [5, 5.41) is 5.69. The molecule has 1 aliphatic heterocycles. The summed E-state index contributed by atoms with van der Waals surface area (Å²) in [5.74, 6) is 1.39. The minimum Gasteiger partial charge on any atom is -1.00 e. The van der Waals surface area contributed by atoms with E-state index >= 15 is 0 Å². The van der Waals surface area contributed by atoms with Crippen molar-refractivity contribution in [3.8, 4) is 0 Å². The number of rotatable bonds is 6. The molecule has 2 unspecified atom stereocenters. The van der Waals surface area contributed by atoms with Gasteiger partial charge in [0.1, 0.15) is 0 Å². The molecule has 0 spiro atoms. The summed E-state index contributed by atoms with van der Waals surface area (Å²) < 4.78 is 4.44. The Morgan fingerprint density at radius 1 is 0.590 bits per heavy atom. The van der Waals surface area contributed by atoms with Crippen molar-refractivity contribution in [1.82, 2.24) is 0 Å². The van der Waals surface area contributed by atoms with Crippen molar-refractivity contribution in [2.45, 2.75) is 58.4 Å². The minimum atomic E-state index is -2.35. The van der Waals surface area contributed by atoms with Gasteiger partial charge in [0.25, 0.3) is 0 Å². The molecule has 4 aromatic rings. The van der Waals surface area contributed by atoms with Crippen LogP contribution in [0.25, 0.3) is 33.7 Å². The molecule has 0 saturated carbocycles. The molecule has 4 aromatic carbocycles. The van der Waals surface area contributed by atoms with Crippen molar-refractivity contribution < 1.29 is 41.4 Å². The van der Waals surface area contributed by atoms with Crippen LogP contribution in [-0.2, 0) is 16.6 Å². The van der Waals surface area contributed by atoms with Crippen molar-refractivity contribution in [2.75, 3.05) is 0 Å². The van der Waals surface area contributed by atoms with Gasteiger partial charge >= 0.3 is 227 Å². The number of fused-ring (bicyclic) bond motifs is 6. The third-order valence-electron chi connectivity index (χ3n) is 9.30. The summed E-state index contributed by atoms with van der Waals surface area (Å²) in [6.07, 6.45) is 7.77. The molecule has 3 heteroatoms. The quantitative estimate of drug-likeness (QED) is 0.287. The summed E-state index contributed by atoms with van der Waals surface area (Å²) in [5.41, 5.74) is 9.95. The van der Waals surface area contributed by atoms with Gasteiger partial charge in [-0.1, -0.05) is 0 Å². The van der Waals surface area contributed by atoms with Crippen LogP contribution in [-0.4, -0.2) is 0 Å². The first-order valence-corrected chi connectivity index (χ1v) is 18.4. The molecule has 0 radical (unpaired) electrons. The second-order valence-corrected chi connectivity index (χ2v) is 20.0. The van der Waals surface area contributed by atoms with E-state index in [9.17, 15) is 0 Å². The third kappa shape index (κ3) is 4.66. The molecule has 2 atom stereocenters. The zero-order valence-corrected chi connectivity index (χ0v) is 26.6. The van der Waals surface area contributed by atoms with Crippen LogP contribution in [0.1, 0.15) is 71.2 Å². The van der Waals surface area contributed by atoms with Crippen molar-refractivity contribution >= 4 is 33.7 Å². The third-order valence-corrected chi connectivity index (χ3v) is 17.6. The fourth-order valence-electron chi connectivity index (χ4n) is 7.93. The van der Waals surface area contributed by atoms with Crippen LogP contribution in [0.4, 0.5) is 0 Å². The molecule has 39 heavy (non-hydrogen) atoms. The van der Waals surface area contributed by atoms with Crippen LogP contribution in [0.3, 0.4) is 0 Å². The summed E-state index contributed by atoms with van der Waals surface area (Å²) >= 11 is -2.35. The van der Waals surface area contributed by atoms with Gasteiger partial charge < -0.3 is 24.8 Å². The molecule has 200 valence electrons. The van der Waals surface area contributed by atoms with Gasteiger partial charge in [-0.05, 0) is 0 Å². The second kappa shape index (κ2) is 10.9. The largest absolute Gasteiger partial charge is 1.00 e. The average molecular weight is 589 g/mol. The number of benzene rings is 4. The summed E-state index contributed by atoms with van der Waals surface area (Å²) in [4.78, 5) is 0. The maximum Gasteiger partial charge on any atom is -1.00 e. The van der Waals surface area contributed by atoms with Gasteiger partial charge in [-0.15, -0.1) is 0 Å². The Morgan fingerprint density at radius 2 is 1.00 bits per heavy atom. The number of hydrogen-bond donors (Lipinski definition) is 0. The van der Waals surface area contributed by atoms with E-state index in [1.54, 1.807) is 33.4 Å². The Bertz CT molecular complexity index is 1490. The molecule has 0 nitrogen and oxygen atoms in total. The minimum absolute atomic E-state index is 0. The molecule has 1 heterocycles. The second-order valence-electron chi connectivity index (χ2n) is 12.8. The zero-order valence-electron chi connectivity index (χ0n) is 23.5. The Morgan fingerprint density at radius 3 is 1.38 bits per heavy atom. The fraction of sp³-hybridized carbons (Fsp3) is 0.333. The van der Waals surface area contributed by atoms with Gasteiger partial charge in [0.2, 0.25) is 0 Å². The molecule has 7 rings (SSSR count). The maximum absolute atomic E-state index is 2.65. The Balaban J connectivity index is 0.00000154. The predicted molar refractivity (Wildman–Crippen MR) is 158 cm³/mol. The molecule has 0 bridgehead atoms.